The van der Waals surface area contributed by atoms with Crippen molar-refractivity contribution in [2.45, 2.75) is 122 Å². The highest BCUT2D eigenvalue weighted by molar-refractivity contribution is 5.97. The Hall–Kier alpha value is -5.66. The lowest BCUT2D eigenvalue weighted by molar-refractivity contribution is -0.143. The Labute approximate surface area is 340 Å². The number of hydrogen-bond donors (Lipinski definition) is 15. The zero-order valence-corrected chi connectivity index (χ0v) is 33.9. The molecule has 7 amide bonds. The molecule has 0 aromatic carbocycles. The molecule has 59 heavy (non-hydrogen) atoms. The summed E-state index contributed by atoms with van der Waals surface area (Å²) >= 11 is 0. The first-order valence-electron chi connectivity index (χ1n) is 18.6. The van der Waals surface area contributed by atoms with E-state index in [1.54, 1.807) is 27.7 Å². The van der Waals surface area contributed by atoms with Gasteiger partial charge in [0, 0.05) is 6.54 Å². The van der Waals surface area contributed by atoms with Gasteiger partial charge in [-0.25, -0.2) is 4.79 Å². The average Bonchev–Trinajstić information content (AvgIpc) is 3.12. The molecule has 0 saturated heterocycles. The van der Waals surface area contributed by atoms with E-state index in [1.807, 2.05) is 0 Å². The molecular formula is C34H61N11O14. The van der Waals surface area contributed by atoms with Crippen molar-refractivity contribution in [1.82, 2.24) is 37.2 Å². The number of nitrogens with two attached hydrogens (primary N) is 3. The smallest absolute Gasteiger partial charge is 0.328 e. The van der Waals surface area contributed by atoms with Crippen molar-refractivity contribution >= 4 is 59.2 Å². The van der Waals surface area contributed by atoms with Crippen LogP contribution >= 0.6 is 0 Å². The fourth-order valence-electron chi connectivity index (χ4n) is 4.99. The summed E-state index contributed by atoms with van der Waals surface area (Å²) in [5.41, 5.74) is 16.5. The van der Waals surface area contributed by atoms with Crippen molar-refractivity contribution < 1.29 is 68.7 Å². The minimum absolute atomic E-state index is 0.00185. The third kappa shape index (κ3) is 20.5. The van der Waals surface area contributed by atoms with E-state index in [1.165, 1.54) is 0 Å². The Morgan fingerprint density at radius 1 is 0.627 bits per heavy atom. The van der Waals surface area contributed by atoms with E-state index in [9.17, 15) is 68.7 Å². The topological polar surface area (TPSA) is 429 Å². The van der Waals surface area contributed by atoms with Crippen LogP contribution in [-0.4, -0.2) is 159 Å². The fraction of sp³-hybridized carbons (Fsp3) is 0.706. The zero-order valence-electron chi connectivity index (χ0n) is 33.9. The summed E-state index contributed by atoms with van der Waals surface area (Å²) in [6.07, 6.45) is -4.22. The minimum atomic E-state index is -1.79. The lowest BCUT2D eigenvalue weighted by Crippen LogP contribution is -2.62. The van der Waals surface area contributed by atoms with Crippen LogP contribution in [0.1, 0.15) is 67.2 Å². The number of rotatable bonds is 27. The first-order chi connectivity index (χ1) is 27.3. The molecular weight excluding hydrogens is 786 g/mol. The number of carboxylic acid groups (broad SMARTS) is 2. The number of carbonyl (C=O) groups is 9. The molecule has 336 valence electrons. The van der Waals surface area contributed by atoms with Crippen LogP contribution < -0.4 is 54.4 Å². The lowest BCUT2D eigenvalue weighted by Gasteiger charge is -2.28. The molecule has 0 saturated carbocycles. The van der Waals surface area contributed by atoms with E-state index in [0.29, 0.717) is 0 Å². The van der Waals surface area contributed by atoms with Gasteiger partial charge in [0.05, 0.1) is 37.8 Å². The number of aliphatic carboxylic acids is 2. The molecule has 0 fully saturated rings. The van der Waals surface area contributed by atoms with Crippen molar-refractivity contribution in [2.24, 2.45) is 34.0 Å². The number of hydrogen-bond acceptors (Lipinski definition) is 14. The van der Waals surface area contributed by atoms with E-state index in [-0.39, 0.29) is 43.6 Å². The monoisotopic (exact) mass is 847 g/mol. The number of nitrogens with one attached hydrogen (secondary N) is 7. The average molecular weight is 848 g/mol. The third-order valence-corrected chi connectivity index (χ3v) is 8.32. The van der Waals surface area contributed by atoms with Gasteiger partial charge in [0.15, 0.2) is 5.96 Å². The van der Waals surface area contributed by atoms with Gasteiger partial charge >= 0.3 is 11.9 Å². The van der Waals surface area contributed by atoms with Crippen molar-refractivity contribution in [3.05, 3.63) is 0 Å². The first kappa shape index (κ1) is 53.3. The van der Waals surface area contributed by atoms with Crippen LogP contribution in [0.25, 0.3) is 0 Å². The SMILES string of the molecule is CC(C)C[C@H](NC(=O)[C@@H](NC(=O)[C@@H](NC(=O)CNC(=O)[C@H](CCCN=C(N)N)NC(=O)[C@H](CC(=O)O)NC(=O)[C@@H](N)C(C)C)[C@@H](C)O)[C@@H](C)O)C(=O)N[C@@H](CO)C(=O)O. The molecule has 0 bridgehead atoms. The Kier molecular flexibility index (Phi) is 23.8. The molecule has 0 rings (SSSR count). The Balaban J connectivity index is 5.99. The number of aliphatic hydroxyl groups is 3. The highest BCUT2D eigenvalue weighted by atomic mass is 16.4. The Morgan fingerprint density at radius 2 is 1.12 bits per heavy atom. The van der Waals surface area contributed by atoms with Crippen LogP contribution in [0.2, 0.25) is 0 Å². The highest BCUT2D eigenvalue weighted by Gasteiger charge is 2.35. The molecule has 0 radical (unpaired) electrons. The summed E-state index contributed by atoms with van der Waals surface area (Å²) in [7, 11) is 0. The summed E-state index contributed by atoms with van der Waals surface area (Å²) in [6, 6.07) is -10.8. The van der Waals surface area contributed by atoms with Crippen LogP contribution in [0.15, 0.2) is 4.99 Å². The number of aliphatic hydroxyl groups excluding tert-OH is 3. The molecule has 0 spiro atoms. The Bertz CT molecular complexity index is 1500. The van der Waals surface area contributed by atoms with Gasteiger partial charge in [-0.3, -0.25) is 43.3 Å². The molecule has 0 aromatic rings. The maximum atomic E-state index is 13.3. The van der Waals surface area contributed by atoms with Gasteiger partial charge < -0.3 is 80.0 Å². The van der Waals surface area contributed by atoms with Gasteiger partial charge in [-0.2, -0.15) is 0 Å². The predicted octanol–water partition coefficient (Wildman–Crippen LogP) is -6.59. The second-order valence-electron chi connectivity index (χ2n) is 14.4. The van der Waals surface area contributed by atoms with Gasteiger partial charge in [0.25, 0.3) is 0 Å². The number of carboxylic acids is 2. The number of nitrogens with zero attached hydrogens (tertiary/aromatic N) is 1. The molecule has 0 unspecified atom stereocenters. The van der Waals surface area contributed by atoms with Gasteiger partial charge in [-0.15, -0.1) is 0 Å². The number of guanidine groups is 1. The molecule has 25 nitrogen and oxygen atoms in total. The van der Waals surface area contributed by atoms with Crippen LogP contribution in [0, 0.1) is 11.8 Å². The maximum absolute atomic E-state index is 13.3. The summed E-state index contributed by atoms with van der Waals surface area (Å²) in [6.45, 7) is 7.05. The van der Waals surface area contributed by atoms with E-state index in [2.05, 4.69) is 42.2 Å². The fourth-order valence-corrected chi connectivity index (χ4v) is 4.99. The van der Waals surface area contributed by atoms with Gasteiger partial charge in [0.1, 0.15) is 36.3 Å². The zero-order chi connectivity index (χ0) is 45.7. The van der Waals surface area contributed by atoms with Crippen molar-refractivity contribution in [1.29, 1.82) is 0 Å². The molecule has 25 heteroatoms. The number of aliphatic imine (C=N–C) groups is 1. The Morgan fingerprint density at radius 3 is 1.59 bits per heavy atom. The first-order valence-corrected chi connectivity index (χ1v) is 18.6. The minimum Gasteiger partial charge on any atom is -0.481 e. The third-order valence-electron chi connectivity index (χ3n) is 8.32. The highest BCUT2D eigenvalue weighted by Crippen LogP contribution is 2.08. The van der Waals surface area contributed by atoms with E-state index >= 15 is 0 Å². The lowest BCUT2D eigenvalue weighted by atomic mass is 10.0. The van der Waals surface area contributed by atoms with Crippen LogP contribution in [0.4, 0.5) is 0 Å². The number of carbonyl (C=O) groups excluding carboxylic acids is 7. The molecule has 0 heterocycles. The van der Waals surface area contributed by atoms with Gasteiger partial charge in [-0.1, -0.05) is 27.7 Å². The molecule has 0 aromatic heterocycles. The number of amides is 7. The predicted molar refractivity (Wildman–Crippen MR) is 207 cm³/mol. The van der Waals surface area contributed by atoms with E-state index < -0.39 is 127 Å². The van der Waals surface area contributed by atoms with Crippen LogP contribution in [-0.2, 0) is 43.2 Å². The van der Waals surface area contributed by atoms with Crippen LogP contribution in [0.5, 0.6) is 0 Å². The normalized spacial score (nSPS) is 15.7. The molecule has 18 N–H and O–H groups in total. The van der Waals surface area contributed by atoms with Gasteiger partial charge in [-0.05, 0) is 44.9 Å². The van der Waals surface area contributed by atoms with Crippen molar-refractivity contribution in [3.8, 4) is 0 Å². The summed E-state index contributed by atoms with van der Waals surface area (Å²) in [5, 5.41) is 64.1. The molecule has 0 aliphatic heterocycles. The molecule has 0 aliphatic carbocycles. The van der Waals surface area contributed by atoms with E-state index in [4.69, 9.17) is 17.2 Å². The summed E-state index contributed by atoms with van der Waals surface area (Å²) in [5.74, 6) is -11.1. The molecule has 0 aliphatic rings. The second-order valence-corrected chi connectivity index (χ2v) is 14.4. The largest absolute Gasteiger partial charge is 0.481 e. The summed E-state index contributed by atoms with van der Waals surface area (Å²) < 4.78 is 0. The van der Waals surface area contributed by atoms with Crippen molar-refractivity contribution in [2.75, 3.05) is 19.7 Å². The van der Waals surface area contributed by atoms with E-state index in [0.717, 1.165) is 13.8 Å². The molecule has 9 atom stereocenters. The van der Waals surface area contributed by atoms with Gasteiger partial charge in [0.2, 0.25) is 41.4 Å². The van der Waals surface area contributed by atoms with Crippen LogP contribution in [0.3, 0.4) is 0 Å². The van der Waals surface area contributed by atoms with Crippen molar-refractivity contribution in [3.63, 3.8) is 0 Å². The quantitative estimate of drug-likeness (QED) is 0.0208. The standard InChI is InChI=1S/C34H61N11O14/c1-14(2)10-19(28(53)43-21(13-46)33(58)59)42-31(56)26(17(6)48)45-32(57)25(16(5)47)44-22(49)12-39-27(52)18(8-7-9-38-34(36)37)40-29(54)20(11-23(50)51)41-30(55)24(35)15(3)4/h14-21,24-26,46-48H,7-13,35H2,1-6H3,(H,39,52)(H,40,54)(H,41,55)(H,42,56)(H,43,53)(H,44,49)(H,45,57)(H,50,51)(H,58,59)(H4,36,37,38)/t16-,17-,18+,19+,20+,21+,24+,25+,26+/m1/s1. The summed E-state index contributed by atoms with van der Waals surface area (Å²) in [4.78, 5) is 118. The second kappa shape index (κ2) is 26.4. The maximum Gasteiger partial charge on any atom is 0.328 e.